The molecule has 1 fully saturated rings. The van der Waals surface area contributed by atoms with E-state index in [9.17, 15) is 4.79 Å². The average Bonchev–Trinajstić information content (AvgIpc) is 2.63. The summed E-state index contributed by atoms with van der Waals surface area (Å²) < 4.78 is 16.8. The third-order valence-corrected chi connectivity index (χ3v) is 4.21. The van der Waals surface area contributed by atoms with Crippen LogP contribution >= 0.6 is 0 Å². The van der Waals surface area contributed by atoms with Crippen molar-refractivity contribution in [3.8, 4) is 0 Å². The zero-order valence-corrected chi connectivity index (χ0v) is 14.8. The van der Waals surface area contributed by atoms with Gasteiger partial charge in [0.25, 0.3) is 0 Å². The zero-order valence-electron chi connectivity index (χ0n) is 14.8. The molecule has 0 aromatic heterocycles. The molecule has 5 nitrogen and oxygen atoms in total. The summed E-state index contributed by atoms with van der Waals surface area (Å²) in [6, 6.07) is 7.99. The Balaban J connectivity index is 1.75. The molecule has 0 unspecified atom stereocenters. The zero-order chi connectivity index (χ0) is 17.2. The second kappa shape index (κ2) is 10.4. The van der Waals surface area contributed by atoms with E-state index in [1.807, 2.05) is 31.2 Å². The number of ether oxygens (including phenoxy) is 3. The van der Waals surface area contributed by atoms with Crippen LogP contribution in [0.4, 0.5) is 0 Å². The summed E-state index contributed by atoms with van der Waals surface area (Å²) in [4.78, 5) is 12.2. The van der Waals surface area contributed by atoms with Gasteiger partial charge in [-0.15, -0.1) is 0 Å². The van der Waals surface area contributed by atoms with E-state index >= 15 is 0 Å². The van der Waals surface area contributed by atoms with Gasteiger partial charge in [-0.1, -0.05) is 24.3 Å². The maximum Gasteiger partial charge on any atom is 0.249 e. The lowest BCUT2D eigenvalue weighted by Crippen LogP contribution is -2.36. The van der Waals surface area contributed by atoms with E-state index < -0.39 is 6.10 Å². The molecule has 1 aliphatic rings. The molecule has 1 N–H and O–H groups in total. The van der Waals surface area contributed by atoms with E-state index in [1.165, 1.54) is 6.42 Å². The summed E-state index contributed by atoms with van der Waals surface area (Å²) in [6.07, 6.45) is 2.95. The van der Waals surface area contributed by atoms with Crippen LogP contribution in [-0.2, 0) is 32.2 Å². The minimum Gasteiger partial charge on any atom is -0.377 e. The number of rotatable bonds is 9. The maximum atomic E-state index is 12.2. The Morgan fingerprint density at radius 2 is 2.12 bits per heavy atom. The van der Waals surface area contributed by atoms with Gasteiger partial charge in [0, 0.05) is 19.8 Å². The van der Waals surface area contributed by atoms with Gasteiger partial charge in [0.05, 0.1) is 19.3 Å². The van der Waals surface area contributed by atoms with E-state index in [1.54, 1.807) is 6.92 Å². The molecule has 1 amide bonds. The molecule has 1 heterocycles. The molecule has 1 saturated heterocycles. The van der Waals surface area contributed by atoms with Crippen LogP contribution in [0.2, 0.25) is 0 Å². The van der Waals surface area contributed by atoms with Crippen molar-refractivity contribution in [1.82, 2.24) is 5.32 Å². The summed E-state index contributed by atoms with van der Waals surface area (Å²) in [5.41, 5.74) is 2.17. The van der Waals surface area contributed by atoms with Crippen molar-refractivity contribution >= 4 is 5.91 Å². The average molecular weight is 335 g/mol. The topological polar surface area (TPSA) is 56.8 Å². The van der Waals surface area contributed by atoms with Crippen LogP contribution in [0.1, 0.15) is 44.2 Å². The number of hydrogen-bond acceptors (Lipinski definition) is 4. The molecule has 134 valence electrons. The monoisotopic (exact) mass is 335 g/mol. The third kappa shape index (κ3) is 6.23. The highest BCUT2D eigenvalue weighted by molar-refractivity contribution is 5.80. The van der Waals surface area contributed by atoms with Crippen molar-refractivity contribution in [2.75, 3.05) is 19.8 Å². The van der Waals surface area contributed by atoms with Gasteiger partial charge in [0.1, 0.15) is 6.10 Å². The molecule has 1 aromatic carbocycles. The molecule has 1 aromatic rings. The third-order valence-electron chi connectivity index (χ3n) is 4.21. The largest absolute Gasteiger partial charge is 0.377 e. The summed E-state index contributed by atoms with van der Waals surface area (Å²) in [5, 5.41) is 2.94. The molecular formula is C19H29NO4. The molecule has 2 rings (SSSR count). The Hall–Kier alpha value is -1.43. The lowest BCUT2D eigenvalue weighted by Gasteiger charge is -2.24. The number of hydrogen-bond donors (Lipinski definition) is 1. The molecule has 0 bridgehead atoms. The van der Waals surface area contributed by atoms with E-state index in [0.717, 1.165) is 30.6 Å². The molecule has 24 heavy (non-hydrogen) atoms. The minimum atomic E-state index is -0.477. The number of carbonyl (C=O) groups is 1. The summed E-state index contributed by atoms with van der Waals surface area (Å²) in [5.74, 6) is -0.1000. The van der Waals surface area contributed by atoms with E-state index in [-0.39, 0.29) is 12.0 Å². The van der Waals surface area contributed by atoms with E-state index in [2.05, 4.69) is 5.32 Å². The van der Waals surface area contributed by atoms with Gasteiger partial charge in [-0.3, -0.25) is 4.79 Å². The molecule has 1 aliphatic heterocycles. The molecule has 2 atom stereocenters. The van der Waals surface area contributed by atoms with Crippen LogP contribution in [-0.4, -0.2) is 37.9 Å². The summed E-state index contributed by atoms with van der Waals surface area (Å²) in [7, 11) is 0. The molecule has 0 saturated carbocycles. The molecular weight excluding hydrogens is 306 g/mol. The van der Waals surface area contributed by atoms with Gasteiger partial charge < -0.3 is 19.5 Å². The highest BCUT2D eigenvalue weighted by Gasteiger charge is 2.18. The summed E-state index contributed by atoms with van der Waals surface area (Å²) in [6.45, 7) is 6.75. The standard InChI is InChI=1S/C19H29NO4/c1-3-22-13-17-9-5-4-8-16(17)12-20-19(21)15(2)24-14-18-10-6-7-11-23-18/h4-5,8-9,15,18H,3,6-7,10-14H2,1-2H3,(H,20,21)/t15-,18-/m0/s1. The summed E-state index contributed by atoms with van der Waals surface area (Å²) >= 11 is 0. The first-order valence-electron chi connectivity index (χ1n) is 8.86. The van der Waals surface area contributed by atoms with Crippen molar-refractivity contribution in [1.29, 1.82) is 0 Å². The lowest BCUT2D eigenvalue weighted by molar-refractivity contribution is -0.135. The van der Waals surface area contributed by atoms with Crippen molar-refractivity contribution in [2.24, 2.45) is 0 Å². The molecule has 0 radical (unpaired) electrons. The minimum absolute atomic E-state index is 0.1000. The first-order chi connectivity index (χ1) is 11.7. The number of benzene rings is 1. The lowest BCUT2D eigenvalue weighted by atomic mass is 10.1. The fourth-order valence-corrected chi connectivity index (χ4v) is 2.68. The Kier molecular flexibility index (Phi) is 8.22. The molecule has 5 heteroatoms. The Morgan fingerprint density at radius 1 is 1.33 bits per heavy atom. The van der Waals surface area contributed by atoms with Gasteiger partial charge in [-0.25, -0.2) is 0 Å². The molecule has 0 aliphatic carbocycles. The predicted octanol–water partition coefficient (Wildman–Crippen LogP) is 2.81. The second-order valence-electron chi connectivity index (χ2n) is 6.09. The van der Waals surface area contributed by atoms with Crippen molar-refractivity contribution in [2.45, 2.75) is 58.5 Å². The highest BCUT2D eigenvalue weighted by Crippen LogP contribution is 2.14. The van der Waals surface area contributed by atoms with Crippen LogP contribution < -0.4 is 5.32 Å². The SMILES string of the molecule is CCOCc1ccccc1CNC(=O)[C@H](C)OC[C@@H]1CCCCO1. The normalized spacial score (nSPS) is 19.0. The van der Waals surface area contributed by atoms with Crippen LogP contribution in [0.5, 0.6) is 0 Å². The quantitative estimate of drug-likeness (QED) is 0.754. The van der Waals surface area contributed by atoms with Gasteiger partial charge in [0.2, 0.25) is 5.91 Å². The number of carbonyl (C=O) groups excluding carboxylic acids is 1. The fourth-order valence-electron chi connectivity index (χ4n) is 2.68. The fraction of sp³-hybridized carbons (Fsp3) is 0.632. The van der Waals surface area contributed by atoms with Gasteiger partial charge in [-0.05, 0) is 44.2 Å². The van der Waals surface area contributed by atoms with E-state index in [4.69, 9.17) is 14.2 Å². The highest BCUT2D eigenvalue weighted by atomic mass is 16.5. The van der Waals surface area contributed by atoms with Gasteiger partial charge in [-0.2, -0.15) is 0 Å². The van der Waals surface area contributed by atoms with Crippen molar-refractivity contribution in [3.05, 3.63) is 35.4 Å². The van der Waals surface area contributed by atoms with Gasteiger partial charge >= 0.3 is 0 Å². The first-order valence-corrected chi connectivity index (χ1v) is 8.86. The van der Waals surface area contributed by atoms with Crippen LogP contribution in [0.25, 0.3) is 0 Å². The molecule has 0 spiro atoms. The second-order valence-corrected chi connectivity index (χ2v) is 6.09. The van der Waals surface area contributed by atoms with Gasteiger partial charge in [0.15, 0.2) is 0 Å². The van der Waals surface area contributed by atoms with Crippen LogP contribution in [0, 0.1) is 0 Å². The van der Waals surface area contributed by atoms with Crippen LogP contribution in [0.3, 0.4) is 0 Å². The number of nitrogens with one attached hydrogen (secondary N) is 1. The predicted molar refractivity (Wildman–Crippen MR) is 92.6 cm³/mol. The van der Waals surface area contributed by atoms with Crippen molar-refractivity contribution in [3.63, 3.8) is 0 Å². The number of amides is 1. The Labute approximate surface area is 144 Å². The Morgan fingerprint density at radius 3 is 2.83 bits per heavy atom. The van der Waals surface area contributed by atoms with Crippen molar-refractivity contribution < 1.29 is 19.0 Å². The van der Waals surface area contributed by atoms with E-state index in [0.29, 0.717) is 26.4 Å². The Bertz CT molecular complexity index is 500. The maximum absolute atomic E-state index is 12.2. The smallest absolute Gasteiger partial charge is 0.249 e. The first kappa shape index (κ1) is 18.9. The van der Waals surface area contributed by atoms with Crippen LogP contribution in [0.15, 0.2) is 24.3 Å².